The average Bonchev–Trinajstić information content (AvgIpc) is 2.33. The molecule has 0 radical (unpaired) electrons. The summed E-state index contributed by atoms with van der Waals surface area (Å²) < 4.78 is 4.62. The third-order valence-corrected chi connectivity index (χ3v) is 3.14. The molecule has 1 aromatic carbocycles. The van der Waals surface area contributed by atoms with E-state index in [0.717, 1.165) is 19.3 Å². The minimum absolute atomic E-state index is 0.113. The second-order valence-corrected chi connectivity index (χ2v) is 5.73. The normalized spacial score (nSPS) is 11.3. The van der Waals surface area contributed by atoms with E-state index in [-0.39, 0.29) is 11.4 Å². The summed E-state index contributed by atoms with van der Waals surface area (Å²) in [6, 6.07) is 8.79. The Kier molecular flexibility index (Phi) is 5.39. The fourth-order valence-corrected chi connectivity index (χ4v) is 1.87. The molecule has 0 aliphatic heterocycles. The molecule has 0 aromatic heterocycles. The quantitative estimate of drug-likeness (QED) is 0.584. The number of carbonyl (C=O) groups is 1. The Morgan fingerprint density at radius 3 is 2.22 bits per heavy atom. The lowest BCUT2D eigenvalue weighted by atomic mass is 9.86. The third-order valence-electron chi connectivity index (χ3n) is 3.14. The van der Waals surface area contributed by atoms with Gasteiger partial charge in [0.2, 0.25) is 0 Å². The molecule has 0 bridgehead atoms. The Bertz CT molecular complexity index is 371. The van der Waals surface area contributed by atoms with Gasteiger partial charge in [-0.3, -0.25) is 4.79 Å². The summed E-state index contributed by atoms with van der Waals surface area (Å²) in [6.07, 6.45) is 3.48. The fourth-order valence-electron chi connectivity index (χ4n) is 1.87. The number of carbonyl (C=O) groups excluding carboxylic acids is 1. The van der Waals surface area contributed by atoms with Gasteiger partial charge in [-0.05, 0) is 35.8 Å². The van der Waals surface area contributed by atoms with Crippen molar-refractivity contribution in [1.82, 2.24) is 0 Å². The number of esters is 1. The molecule has 100 valence electrons. The van der Waals surface area contributed by atoms with Gasteiger partial charge in [0.25, 0.3) is 0 Å². The van der Waals surface area contributed by atoms with Crippen molar-refractivity contribution in [3.8, 4) is 0 Å². The van der Waals surface area contributed by atoms with Gasteiger partial charge in [-0.15, -0.1) is 0 Å². The lowest BCUT2D eigenvalue weighted by molar-refractivity contribution is -0.140. The van der Waals surface area contributed by atoms with Crippen molar-refractivity contribution in [3.05, 3.63) is 35.4 Å². The molecule has 0 heterocycles. The van der Waals surface area contributed by atoms with E-state index in [4.69, 9.17) is 0 Å². The Morgan fingerprint density at radius 2 is 1.72 bits per heavy atom. The van der Waals surface area contributed by atoms with Crippen LogP contribution in [-0.2, 0) is 21.4 Å². The highest BCUT2D eigenvalue weighted by atomic mass is 16.5. The zero-order valence-electron chi connectivity index (χ0n) is 12.0. The summed E-state index contributed by atoms with van der Waals surface area (Å²) in [4.78, 5) is 11.0. The Labute approximate surface area is 110 Å². The van der Waals surface area contributed by atoms with Gasteiger partial charge in [0.05, 0.1) is 7.11 Å². The predicted octanol–water partition coefficient (Wildman–Crippen LogP) is 3.87. The van der Waals surface area contributed by atoms with Crippen LogP contribution in [0.4, 0.5) is 0 Å². The van der Waals surface area contributed by atoms with Gasteiger partial charge in [-0.25, -0.2) is 0 Å². The van der Waals surface area contributed by atoms with Crippen LogP contribution in [0.25, 0.3) is 0 Å². The number of hydrogen-bond donors (Lipinski definition) is 0. The first-order valence-corrected chi connectivity index (χ1v) is 6.59. The zero-order chi connectivity index (χ0) is 13.6. The molecule has 1 rings (SSSR count). The first kappa shape index (κ1) is 14.7. The van der Waals surface area contributed by atoms with Gasteiger partial charge in [-0.2, -0.15) is 0 Å². The summed E-state index contributed by atoms with van der Waals surface area (Å²) in [7, 11) is 1.44. The molecule has 0 atom stereocenters. The van der Waals surface area contributed by atoms with Crippen LogP contribution in [0.2, 0.25) is 0 Å². The van der Waals surface area contributed by atoms with Crippen molar-refractivity contribution in [2.45, 2.75) is 51.9 Å². The van der Waals surface area contributed by atoms with Gasteiger partial charge in [-0.1, -0.05) is 45.0 Å². The van der Waals surface area contributed by atoms with Crippen LogP contribution in [0.1, 0.15) is 51.2 Å². The molecule has 1 aromatic rings. The fraction of sp³-hybridized carbons (Fsp3) is 0.562. The number of unbranched alkanes of at least 4 members (excludes halogenated alkanes) is 1. The lowest BCUT2D eigenvalue weighted by Crippen LogP contribution is -2.10. The van der Waals surface area contributed by atoms with Crippen molar-refractivity contribution in [3.63, 3.8) is 0 Å². The number of ether oxygens (including phenoxy) is 1. The summed E-state index contributed by atoms with van der Waals surface area (Å²) >= 11 is 0. The molecular formula is C16H24O2. The van der Waals surface area contributed by atoms with E-state index in [1.165, 1.54) is 18.2 Å². The molecule has 0 unspecified atom stereocenters. The Hall–Kier alpha value is -1.31. The molecule has 0 saturated carbocycles. The minimum atomic E-state index is -0.113. The van der Waals surface area contributed by atoms with Crippen LogP contribution in [0.5, 0.6) is 0 Å². The van der Waals surface area contributed by atoms with Gasteiger partial charge < -0.3 is 4.74 Å². The van der Waals surface area contributed by atoms with Gasteiger partial charge in [0.1, 0.15) is 0 Å². The van der Waals surface area contributed by atoms with Crippen LogP contribution in [0.15, 0.2) is 24.3 Å². The Morgan fingerprint density at radius 1 is 1.11 bits per heavy atom. The number of hydrogen-bond acceptors (Lipinski definition) is 2. The van der Waals surface area contributed by atoms with Gasteiger partial charge in [0, 0.05) is 6.42 Å². The van der Waals surface area contributed by atoms with E-state index in [1.807, 2.05) is 0 Å². The van der Waals surface area contributed by atoms with Crippen molar-refractivity contribution >= 4 is 5.97 Å². The molecule has 0 aliphatic rings. The highest BCUT2D eigenvalue weighted by Crippen LogP contribution is 2.22. The third kappa shape index (κ3) is 4.91. The molecule has 2 heteroatoms. The number of benzene rings is 1. The maximum Gasteiger partial charge on any atom is 0.305 e. The van der Waals surface area contributed by atoms with Gasteiger partial charge in [0.15, 0.2) is 0 Å². The smallest absolute Gasteiger partial charge is 0.305 e. The number of methoxy groups -OCH3 is 1. The molecule has 0 spiro atoms. The second kappa shape index (κ2) is 6.58. The monoisotopic (exact) mass is 248 g/mol. The molecular weight excluding hydrogens is 224 g/mol. The topological polar surface area (TPSA) is 26.3 Å². The van der Waals surface area contributed by atoms with Crippen molar-refractivity contribution in [1.29, 1.82) is 0 Å². The Balaban J connectivity index is 2.38. The minimum Gasteiger partial charge on any atom is -0.469 e. The molecule has 0 aliphatic carbocycles. The standard InChI is InChI=1S/C16H24O2/c1-16(2,3)14-11-9-13(10-12-14)7-5-6-8-15(17)18-4/h9-12H,5-8H2,1-4H3. The summed E-state index contributed by atoms with van der Waals surface area (Å²) in [5, 5.41) is 0. The van der Waals surface area contributed by atoms with E-state index < -0.39 is 0 Å². The molecule has 0 N–H and O–H groups in total. The van der Waals surface area contributed by atoms with E-state index in [9.17, 15) is 4.79 Å². The van der Waals surface area contributed by atoms with Crippen LogP contribution in [0.3, 0.4) is 0 Å². The molecule has 18 heavy (non-hydrogen) atoms. The van der Waals surface area contributed by atoms with Crippen LogP contribution >= 0.6 is 0 Å². The second-order valence-electron chi connectivity index (χ2n) is 5.73. The largest absolute Gasteiger partial charge is 0.469 e. The molecule has 0 amide bonds. The SMILES string of the molecule is COC(=O)CCCCc1ccc(C(C)(C)C)cc1. The summed E-state index contributed by atoms with van der Waals surface area (Å²) in [6.45, 7) is 6.66. The van der Waals surface area contributed by atoms with Crippen LogP contribution in [-0.4, -0.2) is 13.1 Å². The van der Waals surface area contributed by atoms with Crippen molar-refractivity contribution in [2.75, 3.05) is 7.11 Å². The van der Waals surface area contributed by atoms with E-state index in [1.54, 1.807) is 0 Å². The summed E-state index contributed by atoms with van der Waals surface area (Å²) in [5.41, 5.74) is 2.91. The number of aryl methyl sites for hydroxylation is 1. The molecule has 2 nitrogen and oxygen atoms in total. The van der Waals surface area contributed by atoms with Gasteiger partial charge >= 0.3 is 5.97 Å². The maximum atomic E-state index is 11.0. The highest BCUT2D eigenvalue weighted by molar-refractivity contribution is 5.68. The number of rotatable bonds is 5. The first-order chi connectivity index (χ1) is 8.43. The molecule has 0 fully saturated rings. The van der Waals surface area contributed by atoms with E-state index in [2.05, 4.69) is 49.8 Å². The first-order valence-electron chi connectivity index (χ1n) is 6.59. The van der Waals surface area contributed by atoms with Crippen LogP contribution in [0, 0.1) is 0 Å². The van der Waals surface area contributed by atoms with Crippen molar-refractivity contribution in [2.24, 2.45) is 0 Å². The highest BCUT2D eigenvalue weighted by Gasteiger charge is 2.12. The van der Waals surface area contributed by atoms with Crippen LogP contribution < -0.4 is 0 Å². The van der Waals surface area contributed by atoms with E-state index in [0.29, 0.717) is 6.42 Å². The predicted molar refractivity (Wildman–Crippen MR) is 74.7 cm³/mol. The zero-order valence-corrected chi connectivity index (χ0v) is 12.0. The van der Waals surface area contributed by atoms with Crippen molar-refractivity contribution < 1.29 is 9.53 Å². The average molecular weight is 248 g/mol. The van der Waals surface area contributed by atoms with E-state index >= 15 is 0 Å². The maximum absolute atomic E-state index is 11.0. The summed E-state index contributed by atoms with van der Waals surface area (Å²) in [5.74, 6) is -0.113. The molecule has 0 saturated heterocycles. The lowest BCUT2D eigenvalue weighted by Gasteiger charge is -2.19.